The van der Waals surface area contributed by atoms with Gasteiger partial charge in [-0.15, -0.1) is 0 Å². The van der Waals surface area contributed by atoms with E-state index in [1.165, 1.54) is 53.5 Å². The van der Waals surface area contributed by atoms with Crippen molar-refractivity contribution in [2.45, 2.75) is 58.5 Å². The largest absolute Gasteiger partial charge is 0.392 e. The van der Waals surface area contributed by atoms with Crippen LogP contribution in [-0.4, -0.2) is 18.8 Å². The van der Waals surface area contributed by atoms with E-state index in [1.54, 1.807) is 7.11 Å². The minimum absolute atomic E-state index is 0.0807. The minimum atomic E-state index is 0.0807. The molecule has 2 nitrogen and oxygen atoms in total. The van der Waals surface area contributed by atoms with Crippen LogP contribution in [0.1, 0.15) is 60.8 Å². The van der Waals surface area contributed by atoms with Gasteiger partial charge in [0.15, 0.2) is 0 Å². The third kappa shape index (κ3) is 4.36. The summed E-state index contributed by atoms with van der Waals surface area (Å²) in [5.41, 5.74) is 7.55. The fourth-order valence-corrected chi connectivity index (χ4v) is 4.25. The SMILES string of the molecule is COCCc1cc(-c2ccc(C3CCC(C)CC3)cc2C)ccc1CO. The first-order chi connectivity index (χ1) is 12.6. The summed E-state index contributed by atoms with van der Waals surface area (Å²) in [5, 5.41) is 9.59. The molecule has 0 aromatic heterocycles. The van der Waals surface area contributed by atoms with E-state index in [9.17, 15) is 5.11 Å². The number of aliphatic hydroxyl groups is 1. The van der Waals surface area contributed by atoms with Crippen LogP contribution < -0.4 is 0 Å². The molecule has 0 unspecified atom stereocenters. The molecule has 2 aromatic rings. The first-order valence-electron chi connectivity index (χ1n) is 9.95. The Morgan fingerprint density at radius 2 is 1.77 bits per heavy atom. The molecule has 1 aliphatic rings. The number of hydrogen-bond donors (Lipinski definition) is 1. The van der Waals surface area contributed by atoms with Crippen LogP contribution in [0.2, 0.25) is 0 Å². The maximum Gasteiger partial charge on any atom is 0.0684 e. The minimum Gasteiger partial charge on any atom is -0.392 e. The van der Waals surface area contributed by atoms with Crippen molar-refractivity contribution in [2.24, 2.45) is 5.92 Å². The average molecular weight is 353 g/mol. The Bertz CT molecular complexity index is 727. The Labute approximate surface area is 158 Å². The van der Waals surface area contributed by atoms with Gasteiger partial charge in [-0.2, -0.15) is 0 Å². The van der Waals surface area contributed by atoms with Crippen LogP contribution in [0.15, 0.2) is 36.4 Å². The maximum absolute atomic E-state index is 9.59. The highest BCUT2D eigenvalue weighted by atomic mass is 16.5. The van der Waals surface area contributed by atoms with Crippen molar-refractivity contribution in [2.75, 3.05) is 13.7 Å². The second-order valence-electron chi connectivity index (χ2n) is 7.92. The fraction of sp³-hybridized carbons (Fsp3) is 0.500. The molecule has 0 heterocycles. The molecule has 0 radical (unpaired) electrons. The van der Waals surface area contributed by atoms with Crippen molar-refractivity contribution in [3.8, 4) is 11.1 Å². The van der Waals surface area contributed by atoms with Crippen LogP contribution in [0.4, 0.5) is 0 Å². The summed E-state index contributed by atoms with van der Waals surface area (Å²) in [7, 11) is 1.72. The number of rotatable bonds is 6. The predicted octanol–water partition coefficient (Wildman–Crippen LogP) is 5.64. The van der Waals surface area contributed by atoms with Crippen molar-refractivity contribution in [3.63, 3.8) is 0 Å². The smallest absolute Gasteiger partial charge is 0.0684 e. The molecule has 1 aliphatic carbocycles. The first-order valence-corrected chi connectivity index (χ1v) is 9.95. The van der Waals surface area contributed by atoms with Gasteiger partial charge in [0.25, 0.3) is 0 Å². The lowest BCUT2D eigenvalue weighted by Gasteiger charge is -2.27. The predicted molar refractivity (Wildman–Crippen MR) is 108 cm³/mol. The molecular formula is C24H32O2. The molecule has 2 heteroatoms. The number of ether oxygens (including phenoxy) is 1. The lowest BCUT2D eigenvalue weighted by atomic mass is 9.79. The molecule has 1 fully saturated rings. The third-order valence-corrected chi connectivity index (χ3v) is 6.00. The summed E-state index contributed by atoms with van der Waals surface area (Å²) in [4.78, 5) is 0. The Hall–Kier alpha value is -1.64. The van der Waals surface area contributed by atoms with Crippen molar-refractivity contribution in [1.29, 1.82) is 0 Å². The zero-order chi connectivity index (χ0) is 18.5. The summed E-state index contributed by atoms with van der Waals surface area (Å²) in [6, 6.07) is 13.4. The van der Waals surface area contributed by atoms with Gasteiger partial charge >= 0.3 is 0 Å². The molecule has 0 atom stereocenters. The van der Waals surface area contributed by atoms with Crippen LogP contribution in [0.5, 0.6) is 0 Å². The molecule has 1 N–H and O–H groups in total. The van der Waals surface area contributed by atoms with Gasteiger partial charge in [0.05, 0.1) is 13.2 Å². The van der Waals surface area contributed by atoms with Gasteiger partial charge in [0.1, 0.15) is 0 Å². The molecule has 26 heavy (non-hydrogen) atoms. The molecule has 140 valence electrons. The second kappa shape index (κ2) is 8.83. The fourth-order valence-electron chi connectivity index (χ4n) is 4.25. The molecule has 0 spiro atoms. The summed E-state index contributed by atoms with van der Waals surface area (Å²) in [5.74, 6) is 1.62. The van der Waals surface area contributed by atoms with Crippen LogP contribution in [0.25, 0.3) is 11.1 Å². The number of aryl methyl sites for hydroxylation is 1. The topological polar surface area (TPSA) is 29.5 Å². The van der Waals surface area contributed by atoms with Crippen LogP contribution >= 0.6 is 0 Å². The van der Waals surface area contributed by atoms with Gasteiger partial charge < -0.3 is 9.84 Å². The molecule has 0 amide bonds. The molecule has 1 saturated carbocycles. The van der Waals surface area contributed by atoms with Crippen molar-refractivity contribution in [3.05, 3.63) is 58.7 Å². The van der Waals surface area contributed by atoms with Gasteiger partial charge in [0.2, 0.25) is 0 Å². The van der Waals surface area contributed by atoms with Gasteiger partial charge in [-0.3, -0.25) is 0 Å². The highest BCUT2D eigenvalue weighted by Crippen LogP contribution is 2.37. The summed E-state index contributed by atoms with van der Waals surface area (Å²) in [6.45, 7) is 5.35. The lowest BCUT2D eigenvalue weighted by molar-refractivity contribution is 0.201. The summed E-state index contributed by atoms with van der Waals surface area (Å²) in [6.07, 6.45) is 6.20. The van der Waals surface area contributed by atoms with Gasteiger partial charge in [-0.1, -0.05) is 56.2 Å². The average Bonchev–Trinajstić information content (AvgIpc) is 2.66. The highest BCUT2D eigenvalue weighted by Gasteiger charge is 2.20. The third-order valence-electron chi connectivity index (χ3n) is 6.00. The van der Waals surface area contributed by atoms with E-state index < -0.39 is 0 Å². The number of methoxy groups -OCH3 is 1. The van der Waals surface area contributed by atoms with Gasteiger partial charge in [0, 0.05) is 7.11 Å². The Morgan fingerprint density at radius 1 is 1.00 bits per heavy atom. The first kappa shape index (κ1) is 19.1. The van der Waals surface area contributed by atoms with Crippen molar-refractivity contribution in [1.82, 2.24) is 0 Å². The van der Waals surface area contributed by atoms with Gasteiger partial charge in [-0.25, -0.2) is 0 Å². The molecule has 3 rings (SSSR count). The van der Waals surface area contributed by atoms with E-state index in [2.05, 4.69) is 50.2 Å². The van der Waals surface area contributed by atoms with Gasteiger partial charge in [-0.05, 0) is 71.4 Å². The van der Waals surface area contributed by atoms with Crippen LogP contribution in [0, 0.1) is 12.8 Å². The Kier molecular flexibility index (Phi) is 6.50. The number of hydrogen-bond acceptors (Lipinski definition) is 2. The van der Waals surface area contributed by atoms with Crippen molar-refractivity contribution >= 4 is 0 Å². The van der Waals surface area contributed by atoms with Crippen LogP contribution in [-0.2, 0) is 17.8 Å². The zero-order valence-corrected chi connectivity index (χ0v) is 16.4. The van der Waals surface area contributed by atoms with E-state index >= 15 is 0 Å². The van der Waals surface area contributed by atoms with E-state index in [0.717, 1.165) is 23.8 Å². The zero-order valence-electron chi connectivity index (χ0n) is 16.4. The second-order valence-corrected chi connectivity index (χ2v) is 7.92. The normalized spacial score (nSPS) is 20.3. The van der Waals surface area contributed by atoms with E-state index in [-0.39, 0.29) is 6.61 Å². The Morgan fingerprint density at radius 3 is 2.42 bits per heavy atom. The summed E-state index contributed by atoms with van der Waals surface area (Å²) >= 11 is 0. The van der Waals surface area contributed by atoms with E-state index in [4.69, 9.17) is 4.74 Å². The molecule has 0 saturated heterocycles. The van der Waals surface area contributed by atoms with Crippen molar-refractivity contribution < 1.29 is 9.84 Å². The lowest BCUT2D eigenvalue weighted by Crippen LogP contribution is -2.11. The molecule has 0 bridgehead atoms. The van der Waals surface area contributed by atoms with E-state index in [0.29, 0.717) is 6.61 Å². The maximum atomic E-state index is 9.59. The highest BCUT2D eigenvalue weighted by molar-refractivity contribution is 5.69. The van der Waals surface area contributed by atoms with E-state index in [1.807, 2.05) is 0 Å². The molecule has 2 aromatic carbocycles. The molecular weight excluding hydrogens is 320 g/mol. The quantitative estimate of drug-likeness (QED) is 0.729. The summed E-state index contributed by atoms with van der Waals surface area (Å²) < 4.78 is 5.22. The molecule has 0 aliphatic heterocycles. The van der Waals surface area contributed by atoms with Crippen LogP contribution in [0.3, 0.4) is 0 Å². The standard InChI is InChI=1S/C24H32O2/c1-17-4-6-19(7-5-17)20-10-11-24(18(2)14-20)22-8-9-23(16-25)21(15-22)12-13-26-3/h8-11,14-15,17,19,25H,4-7,12-13,16H2,1-3H3. The number of benzene rings is 2. The number of aliphatic hydroxyl groups excluding tert-OH is 1. The monoisotopic (exact) mass is 352 g/mol. The Balaban J connectivity index is 1.85.